The van der Waals surface area contributed by atoms with E-state index in [2.05, 4.69) is 35.0 Å². The summed E-state index contributed by atoms with van der Waals surface area (Å²) in [4.78, 5) is 1.22. The second-order valence-corrected chi connectivity index (χ2v) is 6.14. The third kappa shape index (κ3) is 3.67. The molecule has 0 saturated heterocycles. The van der Waals surface area contributed by atoms with Crippen LogP contribution in [0.3, 0.4) is 0 Å². The predicted octanol–water partition coefficient (Wildman–Crippen LogP) is 4.64. The van der Waals surface area contributed by atoms with Gasteiger partial charge in [0.25, 0.3) is 0 Å². The highest BCUT2D eigenvalue weighted by molar-refractivity contribution is 9.10. The highest BCUT2D eigenvalue weighted by Gasteiger charge is 2.05. The van der Waals surface area contributed by atoms with E-state index in [0.717, 1.165) is 21.7 Å². The maximum atomic E-state index is 5.83. The molecule has 0 unspecified atom stereocenters. The number of ether oxygens (including phenoxy) is 1. The highest BCUT2D eigenvalue weighted by Crippen LogP contribution is 2.31. The number of anilines is 1. The largest absolute Gasteiger partial charge is 0.497 e. The summed E-state index contributed by atoms with van der Waals surface area (Å²) in [6.45, 7) is 2.10. The number of nitrogen functional groups attached to an aromatic ring is 1. The molecule has 2 N–H and O–H groups in total. The normalized spacial score (nSPS) is 10.5. The molecule has 2 nitrogen and oxygen atoms in total. The lowest BCUT2D eigenvalue weighted by Crippen LogP contribution is -1.90. The third-order valence-electron chi connectivity index (χ3n) is 2.85. The molecule has 4 heteroatoms. The molecule has 0 radical (unpaired) electrons. The monoisotopic (exact) mass is 337 g/mol. The third-order valence-corrected chi connectivity index (χ3v) is 4.83. The van der Waals surface area contributed by atoms with E-state index in [-0.39, 0.29) is 0 Å². The van der Waals surface area contributed by atoms with Crippen LogP contribution < -0.4 is 10.5 Å². The van der Waals surface area contributed by atoms with Crippen molar-refractivity contribution in [3.8, 4) is 5.75 Å². The lowest BCUT2D eigenvalue weighted by atomic mass is 10.2. The first-order valence-electron chi connectivity index (χ1n) is 5.91. The summed E-state index contributed by atoms with van der Waals surface area (Å²) < 4.78 is 6.35. The standard InChI is InChI=1S/C15H16BrNOS/c1-10-3-4-12(17)8-15(10)19-9-11-7-13(18-2)5-6-14(11)16/h3-8H,9,17H2,1-2H3. The number of halogens is 1. The van der Waals surface area contributed by atoms with E-state index in [1.54, 1.807) is 18.9 Å². The molecular weight excluding hydrogens is 322 g/mol. The minimum absolute atomic E-state index is 0.804. The first-order chi connectivity index (χ1) is 9.10. The zero-order valence-electron chi connectivity index (χ0n) is 10.9. The van der Waals surface area contributed by atoms with Gasteiger partial charge in [0, 0.05) is 20.8 Å². The van der Waals surface area contributed by atoms with Gasteiger partial charge in [-0.05, 0) is 48.4 Å². The van der Waals surface area contributed by atoms with Gasteiger partial charge in [-0.2, -0.15) is 0 Å². The molecule has 0 spiro atoms. The van der Waals surface area contributed by atoms with Crippen molar-refractivity contribution in [1.29, 1.82) is 0 Å². The molecule has 100 valence electrons. The molecule has 0 saturated carbocycles. The molecule has 0 amide bonds. The van der Waals surface area contributed by atoms with E-state index < -0.39 is 0 Å². The van der Waals surface area contributed by atoms with Crippen molar-refractivity contribution >= 4 is 33.4 Å². The van der Waals surface area contributed by atoms with Gasteiger partial charge >= 0.3 is 0 Å². The SMILES string of the molecule is COc1ccc(Br)c(CSc2cc(N)ccc2C)c1. The van der Waals surface area contributed by atoms with E-state index >= 15 is 0 Å². The lowest BCUT2D eigenvalue weighted by molar-refractivity contribution is 0.414. The zero-order chi connectivity index (χ0) is 13.8. The average Bonchev–Trinajstić information content (AvgIpc) is 2.41. The average molecular weight is 338 g/mol. The number of methoxy groups -OCH3 is 1. The Bertz CT molecular complexity index is 586. The minimum atomic E-state index is 0.804. The Kier molecular flexibility index (Phi) is 4.77. The van der Waals surface area contributed by atoms with Crippen LogP contribution in [-0.2, 0) is 5.75 Å². The lowest BCUT2D eigenvalue weighted by Gasteiger charge is -2.09. The molecule has 0 aromatic heterocycles. The van der Waals surface area contributed by atoms with Crippen LogP contribution in [0.4, 0.5) is 5.69 Å². The molecule has 2 aromatic rings. The molecule has 0 aliphatic heterocycles. The zero-order valence-corrected chi connectivity index (χ0v) is 13.3. The number of rotatable bonds is 4. The maximum Gasteiger partial charge on any atom is 0.119 e. The summed E-state index contributed by atoms with van der Waals surface area (Å²) in [6.07, 6.45) is 0. The molecule has 0 bridgehead atoms. The summed E-state index contributed by atoms with van der Waals surface area (Å²) in [5.41, 5.74) is 9.10. The van der Waals surface area contributed by atoms with Gasteiger partial charge in [0.2, 0.25) is 0 Å². The van der Waals surface area contributed by atoms with Gasteiger partial charge in [-0.25, -0.2) is 0 Å². The van der Waals surface area contributed by atoms with E-state index in [4.69, 9.17) is 10.5 Å². The first kappa shape index (κ1) is 14.3. The number of hydrogen-bond acceptors (Lipinski definition) is 3. The second kappa shape index (κ2) is 6.35. The van der Waals surface area contributed by atoms with Crippen LogP contribution in [0.2, 0.25) is 0 Å². The molecule has 19 heavy (non-hydrogen) atoms. The Hall–Kier alpha value is -1.13. The number of aryl methyl sites for hydroxylation is 1. The maximum absolute atomic E-state index is 5.83. The van der Waals surface area contributed by atoms with Gasteiger partial charge in [-0.3, -0.25) is 0 Å². The van der Waals surface area contributed by atoms with Crippen molar-refractivity contribution in [3.05, 3.63) is 52.0 Å². The van der Waals surface area contributed by atoms with Crippen molar-refractivity contribution in [1.82, 2.24) is 0 Å². The van der Waals surface area contributed by atoms with Crippen LogP contribution in [0.5, 0.6) is 5.75 Å². The smallest absolute Gasteiger partial charge is 0.119 e. The van der Waals surface area contributed by atoms with E-state index in [1.165, 1.54) is 16.0 Å². The van der Waals surface area contributed by atoms with Crippen LogP contribution in [0.25, 0.3) is 0 Å². The van der Waals surface area contributed by atoms with Crippen molar-refractivity contribution in [2.45, 2.75) is 17.6 Å². The first-order valence-corrected chi connectivity index (χ1v) is 7.69. The van der Waals surface area contributed by atoms with E-state index in [9.17, 15) is 0 Å². The van der Waals surface area contributed by atoms with Crippen LogP contribution >= 0.6 is 27.7 Å². The van der Waals surface area contributed by atoms with Crippen molar-refractivity contribution in [2.24, 2.45) is 0 Å². The molecule has 2 rings (SSSR count). The van der Waals surface area contributed by atoms with Crippen molar-refractivity contribution < 1.29 is 4.74 Å². The Labute approximate surface area is 126 Å². The van der Waals surface area contributed by atoms with E-state index in [0.29, 0.717) is 0 Å². The van der Waals surface area contributed by atoms with E-state index in [1.807, 2.05) is 24.3 Å². The van der Waals surface area contributed by atoms with Crippen LogP contribution in [0.15, 0.2) is 45.8 Å². The predicted molar refractivity (Wildman–Crippen MR) is 85.8 cm³/mol. The van der Waals surface area contributed by atoms with Gasteiger partial charge in [-0.1, -0.05) is 22.0 Å². The number of thioether (sulfide) groups is 1. The fraction of sp³-hybridized carbons (Fsp3) is 0.200. The van der Waals surface area contributed by atoms with Gasteiger partial charge < -0.3 is 10.5 Å². The molecular formula is C15H16BrNOS. The number of benzene rings is 2. The molecule has 0 heterocycles. The quantitative estimate of drug-likeness (QED) is 0.651. The highest BCUT2D eigenvalue weighted by atomic mass is 79.9. The molecule has 0 fully saturated rings. The molecule has 2 aromatic carbocycles. The molecule has 0 atom stereocenters. The summed E-state index contributed by atoms with van der Waals surface area (Å²) in [7, 11) is 1.68. The number of nitrogens with two attached hydrogens (primary N) is 1. The molecule has 0 aliphatic rings. The fourth-order valence-corrected chi connectivity index (χ4v) is 3.35. The Balaban J connectivity index is 2.16. The van der Waals surface area contributed by atoms with Crippen molar-refractivity contribution in [3.63, 3.8) is 0 Å². The van der Waals surface area contributed by atoms with Crippen molar-refractivity contribution in [2.75, 3.05) is 12.8 Å². The second-order valence-electron chi connectivity index (χ2n) is 4.27. The van der Waals surface area contributed by atoms with Gasteiger partial charge in [-0.15, -0.1) is 11.8 Å². The Morgan fingerprint density at radius 3 is 2.74 bits per heavy atom. The minimum Gasteiger partial charge on any atom is -0.497 e. The topological polar surface area (TPSA) is 35.2 Å². The van der Waals surface area contributed by atoms with Crippen LogP contribution in [0.1, 0.15) is 11.1 Å². The van der Waals surface area contributed by atoms with Crippen LogP contribution in [0, 0.1) is 6.92 Å². The van der Waals surface area contributed by atoms with Gasteiger partial charge in [0.05, 0.1) is 7.11 Å². The summed E-state index contributed by atoms with van der Waals surface area (Å²) in [5.74, 6) is 1.75. The summed E-state index contributed by atoms with van der Waals surface area (Å²) >= 11 is 5.35. The Morgan fingerprint density at radius 1 is 1.21 bits per heavy atom. The van der Waals surface area contributed by atoms with Crippen LogP contribution in [-0.4, -0.2) is 7.11 Å². The Morgan fingerprint density at radius 2 is 2.00 bits per heavy atom. The van der Waals surface area contributed by atoms with Gasteiger partial charge in [0.1, 0.15) is 5.75 Å². The summed E-state index contributed by atoms with van der Waals surface area (Å²) in [6, 6.07) is 12.0. The summed E-state index contributed by atoms with van der Waals surface area (Å²) in [5, 5.41) is 0. The van der Waals surface area contributed by atoms with Gasteiger partial charge in [0.15, 0.2) is 0 Å². The fourth-order valence-electron chi connectivity index (χ4n) is 1.72. The molecule has 0 aliphatic carbocycles. The number of hydrogen-bond donors (Lipinski definition) is 1.